The lowest BCUT2D eigenvalue weighted by molar-refractivity contribution is -0.461. The van der Waals surface area contributed by atoms with Crippen molar-refractivity contribution in [3.8, 4) is 0 Å². The van der Waals surface area contributed by atoms with Crippen LogP contribution in [-0.2, 0) is 4.79 Å². The van der Waals surface area contributed by atoms with E-state index < -0.39 is 85.1 Å². The highest BCUT2D eigenvalue weighted by atomic mass is 19.4. The largest absolute Gasteiger partial charge is 0.465 e. The second-order valence-corrected chi connectivity index (χ2v) is 8.18. The van der Waals surface area contributed by atoms with Gasteiger partial charge in [0.25, 0.3) is 0 Å². The standard InChI is InChI=1S/C17H15F17N2O3/c18-10(19,4-2-5-35-8(37)7-3-1-6-36(7)9(38)39)11(20,21)12(22,23)13(24,25)14(26,27)15(28,29)16(30,31)17(32,33)34/h7H,1-6H2,(H,35,37)(H,38,39)/t7-/m1/s1. The molecule has 2 N–H and O–H groups in total. The van der Waals surface area contributed by atoms with Crippen LogP contribution >= 0.6 is 0 Å². The van der Waals surface area contributed by atoms with E-state index in [4.69, 9.17) is 5.11 Å². The number of nitrogens with zero attached hydrogens (tertiary/aromatic N) is 1. The van der Waals surface area contributed by atoms with Gasteiger partial charge in [-0.3, -0.25) is 9.69 Å². The Morgan fingerprint density at radius 2 is 1.10 bits per heavy atom. The van der Waals surface area contributed by atoms with Crippen LogP contribution in [0, 0.1) is 0 Å². The Morgan fingerprint density at radius 3 is 1.51 bits per heavy atom. The molecule has 2 amide bonds. The Morgan fingerprint density at radius 1 is 0.692 bits per heavy atom. The lowest BCUT2D eigenvalue weighted by Crippen LogP contribution is -2.74. The first-order valence-electron chi connectivity index (χ1n) is 10.0. The molecular formula is C17H15F17N2O3. The number of alkyl halides is 17. The molecule has 1 heterocycles. The minimum absolute atomic E-state index is 0.0973. The van der Waals surface area contributed by atoms with E-state index in [-0.39, 0.29) is 19.4 Å². The van der Waals surface area contributed by atoms with Gasteiger partial charge >= 0.3 is 53.7 Å². The van der Waals surface area contributed by atoms with Crippen molar-refractivity contribution < 1.29 is 89.3 Å². The third-order valence-electron chi connectivity index (χ3n) is 5.56. The summed E-state index contributed by atoms with van der Waals surface area (Å²) >= 11 is 0. The van der Waals surface area contributed by atoms with Gasteiger partial charge in [-0.05, 0) is 19.3 Å². The van der Waals surface area contributed by atoms with Crippen molar-refractivity contribution in [2.75, 3.05) is 13.1 Å². The first kappa shape index (κ1) is 34.6. The van der Waals surface area contributed by atoms with E-state index in [0.717, 1.165) is 0 Å². The van der Waals surface area contributed by atoms with Crippen LogP contribution in [0.5, 0.6) is 0 Å². The summed E-state index contributed by atoms with van der Waals surface area (Å²) in [7, 11) is 0. The SMILES string of the molecule is O=C(NCCCC(F)(F)C(F)(F)C(F)(F)C(F)(F)C(F)(F)C(F)(F)C(F)(F)C(F)(F)F)[C@H]1CCCN1C(=O)O. The monoisotopic (exact) mass is 618 g/mol. The van der Waals surface area contributed by atoms with Gasteiger partial charge in [-0.15, -0.1) is 0 Å². The summed E-state index contributed by atoms with van der Waals surface area (Å²) in [6.07, 6.45) is -13.6. The van der Waals surface area contributed by atoms with E-state index in [1.165, 1.54) is 0 Å². The zero-order chi connectivity index (χ0) is 31.3. The van der Waals surface area contributed by atoms with Gasteiger partial charge in [0.2, 0.25) is 5.91 Å². The van der Waals surface area contributed by atoms with E-state index in [1.807, 2.05) is 0 Å². The van der Waals surface area contributed by atoms with Crippen LogP contribution < -0.4 is 5.32 Å². The Balaban J connectivity index is 3.14. The van der Waals surface area contributed by atoms with Gasteiger partial charge in [-0.2, -0.15) is 74.6 Å². The second-order valence-electron chi connectivity index (χ2n) is 8.18. The van der Waals surface area contributed by atoms with Crippen molar-refractivity contribution in [3.63, 3.8) is 0 Å². The van der Waals surface area contributed by atoms with Crippen LogP contribution in [-0.4, -0.2) is 88.8 Å². The lowest BCUT2D eigenvalue weighted by atomic mass is 9.88. The molecule has 0 radical (unpaired) electrons. The normalized spacial score (nSPS) is 18.9. The average molecular weight is 618 g/mol. The molecule has 0 aromatic heterocycles. The minimum atomic E-state index is -8.69. The molecular weight excluding hydrogens is 603 g/mol. The van der Waals surface area contributed by atoms with Crippen molar-refractivity contribution >= 4 is 12.0 Å². The Labute approximate surface area is 205 Å². The smallest absolute Gasteiger partial charge is 0.460 e. The topological polar surface area (TPSA) is 69.6 Å². The van der Waals surface area contributed by atoms with E-state index in [1.54, 1.807) is 5.32 Å². The summed E-state index contributed by atoms with van der Waals surface area (Å²) in [6.45, 7) is -1.32. The molecule has 0 bridgehead atoms. The predicted octanol–water partition coefficient (Wildman–Crippen LogP) is 6.03. The van der Waals surface area contributed by atoms with Gasteiger partial charge in [-0.25, -0.2) is 4.79 Å². The maximum absolute atomic E-state index is 13.8. The van der Waals surface area contributed by atoms with Crippen LogP contribution in [0.3, 0.4) is 0 Å². The summed E-state index contributed by atoms with van der Waals surface area (Å²) in [6, 6.07) is -1.40. The summed E-state index contributed by atoms with van der Waals surface area (Å²) in [5, 5.41) is 10.6. The van der Waals surface area contributed by atoms with Gasteiger partial charge < -0.3 is 10.4 Å². The summed E-state index contributed by atoms with van der Waals surface area (Å²) in [5.74, 6) is -58.0. The van der Waals surface area contributed by atoms with Crippen LogP contribution in [0.2, 0.25) is 0 Å². The first-order valence-corrected chi connectivity index (χ1v) is 10.0. The van der Waals surface area contributed by atoms with Gasteiger partial charge in [0.15, 0.2) is 0 Å². The quantitative estimate of drug-likeness (QED) is 0.220. The molecule has 0 unspecified atom stereocenters. The molecule has 0 aromatic rings. The van der Waals surface area contributed by atoms with Gasteiger partial charge in [-0.1, -0.05) is 0 Å². The Hall–Kier alpha value is -2.45. The number of carbonyl (C=O) groups is 2. The molecule has 1 saturated heterocycles. The van der Waals surface area contributed by atoms with Crippen molar-refractivity contribution in [1.82, 2.24) is 10.2 Å². The highest BCUT2D eigenvalue weighted by molar-refractivity contribution is 5.85. The van der Waals surface area contributed by atoms with Crippen LogP contribution in [0.4, 0.5) is 79.4 Å². The molecule has 0 aromatic carbocycles. The third kappa shape index (κ3) is 5.34. The van der Waals surface area contributed by atoms with Crippen LogP contribution in [0.25, 0.3) is 0 Å². The van der Waals surface area contributed by atoms with Crippen molar-refractivity contribution in [2.24, 2.45) is 0 Å². The van der Waals surface area contributed by atoms with E-state index >= 15 is 0 Å². The number of halogens is 17. The molecule has 1 atom stereocenters. The molecule has 22 heteroatoms. The number of rotatable bonds is 11. The van der Waals surface area contributed by atoms with E-state index in [9.17, 15) is 84.2 Å². The third-order valence-corrected chi connectivity index (χ3v) is 5.56. The lowest BCUT2D eigenvalue weighted by Gasteiger charge is -2.42. The summed E-state index contributed by atoms with van der Waals surface area (Å²) in [4.78, 5) is 23.4. The minimum Gasteiger partial charge on any atom is -0.465 e. The summed E-state index contributed by atoms with van der Waals surface area (Å²) in [5.41, 5.74) is 0. The number of likely N-dealkylation sites (tertiary alicyclic amines) is 1. The predicted molar refractivity (Wildman–Crippen MR) is 90.7 cm³/mol. The van der Waals surface area contributed by atoms with Crippen molar-refractivity contribution in [3.05, 3.63) is 0 Å². The Kier molecular flexibility index (Phi) is 9.03. The Bertz CT molecular complexity index is 919. The zero-order valence-electron chi connectivity index (χ0n) is 18.5. The first-order chi connectivity index (χ1) is 17.1. The summed E-state index contributed by atoms with van der Waals surface area (Å²) < 4.78 is 225. The fraction of sp³-hybridized carbons (Fsp3) is 0.882. The highest BCUT2D eigenvalue weighted by Gasteiger charge is 2.95. The average Bonchev–Trinajstić information content (AvgIpc) is 3.25. The molecule has 1 fully saturated rings. The van der Waals surface area contributed by atoms with Crippen molar-refractivity contribution in [1.29, 1.82) is 0 Å². The van der Waals surface area contributed by atoms with E-state index in [0.29, 0.717) is 4.90 Å². The van der Waals surface area contributed by atoms with Gasteiger partial charge in [0.1, 0.15) is 6.04 Å². The van der Waals surface area contributed by atoms with Gasteiger partial charge in [0.05, 0.1) is 0 Å². The molecule has 1 aliphatic heterocycles. The molecule has 1 aliphatic rings. The number of carbonyl (C=O) groups excluding carboxylic acids is 1. The zero-order valence-corrected chi connectivity index (χ0v) is 18.5. The maximum atomic E-state index is 13.8. The molecule has 39 heavy (non-hydrogen) atoms. The molecule has 230 valence electrons. The number of amides is 2. The molecule has 0 aliphatic carbocycles. The maximum Gasteiger partial charge on any atom is 0.460 e. The molecule has 0 spiro atoms. The van der Waals surface area contributed by atoms with E-state index in [2.05, 4.69) is 0 Å². The number of nitrogens with one attached hydrogen (secondary N) is 1. The fourth-order valence-electron chi connectivity index (χ4n) is 3.26. The van der Waals surface area contributed by atoms with Crippen molar-refractivity contribution in [2.45, 2.75) is 79.4 Å². The number of hydrogen-bond acceptors (Lipinski definition) is 2. The van der Waals surface area contributed by atoms with Gasteiger partial charge in [0, 0.05) is 19.5 Å². The number of hydrogen-bond donors (Lipinski definition) is 2. The number of carboxylic acid groups (broad SMARTS) is 1. The molecule has 5 nitrogen and oxygen atoms in total. The molecule has 1 rings (SSSR count). The fourth-order valence-corrected chi connectivity index (χ4v) is 3.26. The molecule has 0 saturated carbocycles. The second kappa shape index (κ2) is 10.2. The van der Waals surface area contributed by atoms with Crippen LogP contribution in [0.15, 0.2) is 0 Å². The van der Waals surface area contributed by atoms with Crippen LogP contribution in [0.1, 0.15) is 25.7 Å². The highest BCUT2D eigenvalue weighted by Crippen LogP contribution is 2.64.